The van der Waals surface area contributed by atoms with Crippen LogP contribution in [0.3, 0.4) is 0 Å². The number of thioether (sulfide) groups is 1. The zero-order valence-electron chi connectivity index (χ0n) is 21.3. The minimum absolute atomic E-state index is 0.212. The summed E-state index contributed by atoms with van der Waals surface area (Å²) in [5, 5.41) is 2.16. The molecular formula is C29H26N2O7S. The first-order valence-electron chi connectivity index (χ1n) is 12.0. The fourth-order valence-corrected chi connectivity index (χ4v) is 4.49. The Morgan fingerprint density at radius 2 is 1.69 bits per heavy atom. The maximum Gasteiger partial charge on any atom is 0.337 e. The molecule has 0 radical (unpaired) electrons. The molecule has 1 aliphatic rings. The molecule has 1 saturated heterocycles. The summed E-state index contributed by atoms with van der Waals surface area (Å²) < 4.78 is 15.9. The summed E-state index contributed by atoms with van der Waals surface area (Å²) in [5.41, 5.74) is 2.50. The number of rotatable bonds is 10. The van der Waals surface area contributed by atoms with Crippen LogP contribution in [-0.4, -0.2) is 48.2 Å². The van der Waals surface area contributed by atoms with Gasteiger partial charge in [-0.3, -0.25) is 19.3 Å². The van der Waals surface area contributed by atoms with Gasteiger partial charge < -0.3 is 19.5 Å². The Morgan fingerprint density at radius 1 is 0.949 bits per heavy atom. The Labute approximate surface area is 229 Å². The summed E-state index contributed by atoms with van der Waals surface area (Å²) in [6, 6.07) is 20.8. The highest BCUT2D eigenvalue weighted by molar-refractivity contribution is 8.18. The quantitative estimate of drug-likeness (QED) is 0.275. The minimum atomic E-state index is -0.538. The third-order valence-electron chi connectivity index (χ3n) is 5.56. The SMILES string of the molecule is CCOc1ccc(NC(=O)CN2C(=O)SC(=Cc3cccc(OCc4ccc(C(=O)OC)cc4)c3)C2=O)cc1. The molecule has 0 spiro atoms. The lowest BCUT2D eigenvalue weighted by Crippen LogP contribution is -2.36. The molecule has 9 nitrogen and oxygen atoms in total. The predicted molar refractivity (Wildman–Crippen MR) is 147 cm³/mol. The Balaban J connectivity index is 1.35. The van der Waals surface area contributed by atoms with Crippen molar-refractivity contribution in [1.82, 2.24) is 4.90 Å². The molecule has 1 aliphatic heterocycles. The van der Waals surface area contributed by atoms with Crippen molar-refractivity contribution >= 4 is 46.5 Å². The number of methoxy groups -OCH3 is 1. The van der Waals surface area contributed by atoms with Crippen LogP contribution >= 0.6 is 11.8 Å². The van der Waals surface area contributed by atoms with Crippen LogP contribution in [0.15, 0.2) is 77.7 Å². The summed E-state index contributed by atoms with van der Waals surface area (Å²) in [6.45, 7) is 2.28. The van der Waals surface area contributed by atoms with E-state index in [1.807, 2.05) is 6.92 Å². The number of imide groups is 1. The number of anilines is 1. The summed E-state index contributed by atoms with van der Waals surface area (Å²) in [5.74, 6) is -0.195. The second-order valence-electron chi connectivity index (χ2n) is 8.32. The van der Waals surface area contributed by atoms with E-state index < -0.39 is 29.6 Å². The molecular weight excluding hydrogens is 520 g/mol. The van der Waals surface area contributed by atoms with Crippen LogP contribution in [0.2, 0.25) is 0 Å². The van der Waals surface area contributed by atoms with Gasteiger partial charge in [-0.05, 0) is 84.4 Å². The van der Waals surface area contributed by atoms with Gasteiger partial charge in [0.2, 0.25) is 5.91 Å². The first kappa shape index (κ1) is 27.5. The summed E-state index contributed by atoms with van der Waals surface area (Å²) in [6.07, 6.45) is 1.59. The highest BCUT2D eigenvalue weighted by Crippen LogP contribution is 2.32. The number of hydrogen-bond donors (Lipinski definition) is 1. The van der Waals surface area contributed by atoms with E-state index >= 15 is 0 Å². The number of nitrogens with one attached hydrogen (secondary N) is 1. The molecule has 0 bridgehead atoms. The van der Waals surface area contributed by atoms with E-state index in [1.54, 1.807) is 78.9 Å². The van der Waals surface area contributed by atoms with Crippen LogP contribution in [0.25, 0.3) is 6.08 Å². The first-order valence-corrected chi connectivity index (χ1v) is 12.9. The standard InChI is InChI=1S/C29H26N2O7S/c1-3-37-23-13-11-22(12-14-23)30-26(32)17-31-27(33)25(39-29(31)35)16-20-5-4-6-24(15-20)38-18-19-7-9-21(10-8-19)28(34)36-2/h4-16H,3,17-18H2,1-2H3,(H,30,32). The molecule has 4 rings (SSSR count). The van der Waals surface area contributed by atoms with Gasteiger partial charge >= 0.3 is 5.97 Å². The van der Waals surface area contributed by atoms with Gasteiger partial charge in [0.05, 0.1) is 24.2 Å². The van der Waals surface area contributed by atoms with Crippen molar-refractivity contribution in [3.63, 3.8) is 0 Å². The van der Waals surface area contributed by atoms with Crippen LogP contribution in [0.5, 0.6) is 11.5 Å². The van der Waals surface area contributed by atoms with Crippen molar-refractivity contribution in [3.05, 3.63) is 94.4 Å². The molecule has 1 fully saturated rings. The molecule has 10 heteroatoms. The van der Waals surface area contributed by atoms with Crippen molar-refractivity contribution in [2.45, 2.75) is 13.5 Å². The molecule has 200 valence electrons. The third kappa shape index (κ3) is 7.26. The van der Waals surface area contributed by atoms with E-state index in [0.717, 1.165) is 22.2 Å². The topological polar surface area (TPSA) is 111 Å². The molecule has 0 aliphatic carbocycles. The zero-order valence-corrected chi connectivity index (χ0v) is 22.2. The maximum absolute atomic E-state index is 12.9. The molecule has 3 aromatic carbocycles. The number of benzene rings is 3. The number of amides is 3. The lowest BCUT2D eigenvalue weighted by molar-refractivity contribution is -0.127. The van der Waals surface area contributed by atoms with Gasteiger partial charge in [0, 0.05) is 5.69 Å². The summed E-state index contributed by atoms with van der Waals surface area (Å²) >= 11 is 0.777. The number of ether oxygens (including phenoxy) is 3. The number of nitrogens with zero attached hydrogens (tertiary/aromatic N) is 1. The monoisotopic (exact) mass is 546 g/mol. The van der Waals surface area contributed by atoms with Crippen LogP contribution < -0.4 is 14.8 Å². The lowest BCUT2D eigenvalue weighted by Gasteiger charge is -2.12. The molecule has 1 heterocycles. The Hall–Kier alpha value is -4.57. The predicted octanol–water partition coefficient (Wildman–Crippen LogP) is 5.13. The van der Waals surface area contributed by atoms with E-state index in [9.17, 15) is 19.2 Å². The van der Waals surface area contributed by atoms with Crippen LogP contribution in [0.4, 0.5) is 10.5 Å². The fourth-order valence-electron chi connectivity index (χ4n) is 3.65. The van der Waals surface area contributed by atoms with Gasteiger partial charge in [-0.25, -0.2) is 4.79 Å². The molecule has 1 N–H and O–H groups in total. The average molecular weight is 547 g/mol. The molecule has 0 saturated carbocycles. The molecule has 3 amide bonds. The van der Waals surface area contributed by atoms with Gasteiger partial charge in [0.25, 0.3) is 11.1 Å². The minimum Gasteiger partial charge on any atom is -0.494 e. The van der Waals surface area contributed by atoms with E-state index in [1.165, 1.54) is 7.11 Å². The molecule has 0 aromatic heterocycles. The van der Waals surface area contributed by atoms with Crippen molar-refractivity contribution in [3.8, 4) is 11.5 Å². The van der Waals surface area contributed by atoms with E-state index in [0.29, 0.717) is 34.9 Å². The Morgan fingerprint density at radius 3 is 2.38 bits per heavy atom. The Bertz CT molecular complexity index is 1400. The van der Waals surface area contributed by atoms with Crippen molar-refractivity contribution in [2.24, 2.45) is 0 Å². The van der Waals surface area contributed by atoms with Crippen LogP contribution in [-0.2, 0) is 20.9 Å². The first-order chi connectivity index (χ1) is 18.9. The van der Waals surface area contributed by atoms with E-state index in [-0.39, 0.29) is 11.5 Å². The largest absolute Gasteiger partial charge is 0.494 e. The fraction of sp³-hybridized carbons (Fsp3) is 0.172. The van der Waals surface area contributed by atoms with Crippen molar-refractivity contribution < 1.29 is 33.4 Å². The number of hydrogen-bond acceptors (Lipinski definition) is 8. The smallest absolute Gasteiger partial charge is 0.337 e. The molecule has 3 aromatic rings. The van der Waals surface area contributed by atoms with Gasteiger partial charge in [0.15, 0.2) is 0 Å². The molecule has 0 atom stereocenters. The van der Waals surface area contributed by atoms with E-state index in [2.05, 4.69) is 5.32 Å². The Kier molecular flexibility index (Phi) is 9.01. The zero-order chi connectivity index (χ0) is 27.8. The third-order valence-corrected chi connectivity index (χ3v) is 6.47. The van der Waals surface area contributed by atoms with E-state index in [4.69, 9.17) is 14.2 Å². The summed E-state index contributed by atoms with van der Waals surface area (Å²) in [7, 11) is 1.33. The number of carbonyl (C=O) groups is 4. The highest BCUT2D eigenvalue weighted by Gasteiger charge is 2.36. The van der Waals surface area contributed by atoms with Gasteiger partial charge in [-0.1, -0.05) is 24.3 Å². The highest BCUT2D eigenvalue weighted by atomic mass is 32.2. The van der Waals surface area contributed by atoms with Crippen LogP contribution in [0, 0.1) is 0 Å². The normalized spacial score (nSPS) is 13.9. The van der Waals surface area contributed by atoms with Gasteiger partial charge in [-0.15, -0.1) is 0 Å². The van der Waals surface area contributed by atoms with Crippen molar-refractivity contribution in [2.75, 3.05) is 25.6 Å². The van der Waals surface area contributed by atoms with Crippen LogP contribution in [0.1, 0.15) is 28.4 Å². The number of esters is 1. The van der Waals surface area contributed by atoms with Gasteiger partial charge in [0.1, 0.15) is 24.7 Å². The average Bonchev–Trinajstić information content (AvgIpc) is 3.20. The van der Waals surface area contributed by atoms with Gasteiger partial charge in [-0.2, -0.15) is 0 Å². The number of carbonyl (C=O) groups excluding carboxylic acids is 4. The second kappa shape index (κ2) is 12.8. The second-order valence-corrected chi connectivity index (χ2v) is 9.32. The maximum atomic E-state index is 12.9. The molecule has 39 heavy (non-hydrogen) atoms. The summed E-state index contributed by atoms with van der Waals surface area (Å²) in [4.78, 5) is 50.5. The molecule has 0 unspecified atom stereocenters. The lowest BCUT2D eigenvalue weighted by atomic mass is 10.1. The van der Waals surface area contributed by atoms with Crippen molar-refractivity contribution in [1.29, 1.82) is 0 Å².